The summed E-state index contributed by atoms with van der Waals surface area (Å²) in [7, 11) is -1.35. The summed E-state index contributed by atoms with van der Waals surface area (Å²) >= 11 is 0. The molecular weight excluding hydrogens is 278 g/mol. The van der Waals surface area contributed by atoms with Crippen molar-refractivity contribution in [2.24, 2.45) is 0 Å². The third-order valence-corrected chi connectivity index (χ3v) is 5.51. The monoisotopic (exact) mass is 293 g/mol. The Labute approximate surface area is 116 Å². The number of benzene rings is 1. The predicted octanol–water partition coefficient (Wildman–Crippen LogP) is 0.822. The number of rotatable bonds is 2. The number of carbonyl (C=O) groups excluding carboxylic acids is 1. The summed E-state index contributed by atoms with van der Waals surface area (Å²) < 4.78 is 23.0. The molecule has 0 radical (unpaired) electrons. The lowest BCUT2D eigenvalue weighted by molar-refractivity contribution is 0.0749. The van der Waals surface area contributed by atoms with E-state index in [-0.39, 0.29) is 23.5 Å². The summed E-state index contributed by atoms with van der Waals surface area (Å²) in [6.07, 6.45) is 2.04. The Kier molecular flexibility index (Phi) is 3.01. The maximum absolute atomic E-state index is 12.5. The smallest absolute Gasteiger partial charge is 0.256 e. The number of nitrogens with zero attached hydrogens (tertiary/aromatic N) is 2. The van der Waals surface area contributed by atoms with E-state index in [1.54, 1.807) is 25.5 Å². The number of carbonyl (C=O) groups is 1. The molecule has 2 aromatic rings. The zero-order chi connectivity index (χ0) is 14.3. The number of fused-ring (bicyclic) bond motifs is 1. The van der Waals surface area contributed by atoms with Gasteiger partial charge in [-0.2, -0.15) is 0 Å². The first-order valence-corrected chi connectivity index (χ1v) is 8.20. The zero-order valence-electron chi connectivity index (χ0n) is 11.0. The SMILES string of the molecule is CN(C(=O)c1cccc2[nH]cnc12)C1CCS(=O)(=O)C1. The number of hydrogen-bond acceptors (Lipinski definition) is 4. The van der Waals surface area contributed by atoms with Crippen LogP contribution in [0.15, 0.2) is 24.5 Å². The Morgan fingerprint density at radius 2 is 2.25 bits per heavy atom. The van der Waals surface area contributed by atoms with Crippen LogP contribution in [0, 0.1) is 0 Å². The van der Waals surface area contributed by atoms with Gasteiger partial charge in [-0.3, -0.25) is 4.79 Å². The lowest BCUT2D eigenvalue weighted by atomic mass is 10.1. The molecule has 2 heterocycles. The second-order valence-corrected chi connectivity index (χ2v) is 7.31. The van der Waals surface area contributed by atoms with Gasteiger partial charge in [0, 0.05) is 13.1 Å². The van der Waals surface area contributed by atoms with Crippen molar-refractivity contribution in [2.75, 3.05) is 18.6 Å². The standard InChI is InChI=1S/C13H15N3O3S/c1-16(9-5-6-20(18,19)7-9)13(17)10-3-2-4-11-12(10)15-8-14-11/h2-4,8-9H,5-7H2,1H3,(H,14,15). The van der Waals surface area contributed by atoms with Crippen LogP contribution < -0.4 is 0 Å². The molecular formula is C13H15N3O3S. The highest BCUT2D eigenvalue weighted by molar-refractivity contribution is 7.91. The topological polar surface area (TPSA) is 83.1 Å². The molecule has 1 aromatic heterocycles. The van der Waals surface area contributed by atoms with Gasteiger partial charge < -0.3 is 9.88 Å². The molecule has 0 spiro atoms. The molecule has 1 aliphatic rings. The number of hydrogen-bond donors (Lipinski definition) is 1. The highest BCUT2D eigenvalue weighted by Crippen LogP contribution is 2.21. The van der Waals surface area contributed by atoms with Crippen LogP contribution in [0.5, 0.6) is 0 Å². The maximum Gasteiger partial charge on any atom is 0.256 e. The maximum atomic E-state index is 12.5. The van der Waals surface area contributed by atoms with Crippen molar-refractivity contribution in [3.63, 3.8) is 0 Å². The molecule has 1 saturated heterocycles. The van der Waals surface area contributed by atoms with Gasteiger partial charge in [-0.05, 0) is 18.6 Å². The van der Waals surface area contributed by atoms with Crippen LogP contribution in [0.25, 0.3) is 11.0 Å². The lowest BCUT2D eigenvalue weighted by Crippen LogP contribution is -2.37. The zero-order valence-corrected chi connectivity index (χ0v) is 11.9. The van der Waals surface area contributed by atoms with Gasteiger partial charge in [-0.15, -0.1) is 0 Å². The molecule has 1 aliphatic heterocycles. The van der Waals surface area contributed by atoms with Crippen LogP contribution in [-0.4, -0.2) is 53.8 Å². The number of para-hydroxylation sites is 1. The van der Waals surface area contributed by atoms with Crippen LogP contribution >= 0.6 is 0 Å². The van der Waals surface area contributed by atoms with Gasteiger partial charge in [-0.1, -0.05) is 6.07 Å². The average Bonchev–Trinajstić information content (AvgIpc) is 3.02. The first kappa shape index (κ1) is 13.1. The summed E-state index contributed by atoms with van der Waals surface area (Å²) in [5, 5.41) is 0. The molecule has 1 aromatic carbocycles. The van der Waals surface area contributed by atoms with Crippen LogP contribution in [-0.2, 0) is 9.84 Å². The van der Waals surface area contributed by atoms with Gasteiger partial charge in [0.25, 0.3) is 5.91 Å². The number of aromatic amines is 1. The first-order valence-electron chi connectivity index (χ1n) is 6.37. The van der Waals surface area contributed by atoms with Gasteiger partial charge in [0.2, 0.25) is 0 Å². The minimum atomic E-state index is -3.00. The van der Waals surface area contributed by atoms with Crippen molar-refractivity contribution in [1.82, 2.24) is 14.9 Å². The van der Waals surface area contributed by atoms with Crippen LogP contribution in [0.4, 0.5) is 0 Å². The summed E-state index contributed by atoms with van der Waals surface area (Å²) in [5.74, 6) is 0.0121. The summed E-state index contributed by atoms with van der Waals surface area (Å²) in [5.41, 5.74) is 1.91. The number of amides is 1. The van der Waals surface area contributed by atoms with E-state index in [1.165, 1.54) is 4.90 Å². The minimum absolute atomic E-state index is 0.0474. The highest BCUT2D eigenvalue weighted by atomic mass is 32.2. The number of imidazole rings is 1. The Bertz CT molecular complexity index is 766. The molecule has 1 amide bonds. The van der Waals surface area contributed by atoms with E-state index in [4.69, 9.17) is 0 Å². The molecule has 7 heteroatoms. The van der Waals surface area contributed by atoms with Gasteiger partial charge in [0.15, 0.2) is 9.84 Å². The van der Waals surface area contributed by atoms with Gasteiger partial charge in [-0.25, -0.2) is 13.4 Å². The second kappa shape index (κ2) is 4.59. The van der Waals surface area contributed by atoms with E-state index >= 15 is 0 Å². The Morgan fingerprint density at radius 1 is 1.45 bits per heavy atom. The van der Waals surface area contributed by atoms with E-state index < -0.39 is 9.84 Å². The molecule has 6 nitrogen and oxygen atoms in total. The Hall–Kier alpha value is -1.89. The number of aromatic nitrogens is 2. The molecule has 1 N–H and O–H groups in total. The van der Waals surface area contributed by atoms with Gasteiger partial charge in [0.05, 0.1) is 28.9 Å². The third kappa shape index (κ3) is 2.18. The minimum Gasteiger partial charge on any atom is -0.345 e. The van der Waals surface area contributed by atoms with Crippen LogP contribution in [0.2, 0.25) is 0 Å². The molecule has 3 rings (SSSR count). The van der Waals surface area contributed by atoms with Gasteiger partial charge >= 0.3 is 0 Å². The van der Waals surface area contributed by atoms with E-state index in [2.05, 4.69) is 9.97 Å². The fourth-order valence-electron chi connectivity index (χ4n) is 2.57. The summed E-state index contributed by atoms with van der Waals surface area (Å²) in [6.45, 7) is 0. The Morgan fingerprint density at radius 3 is 2.95 bits per heavy atom. The van der Waals surface area contributed by atoms with E-state index in [0.29, 0.717) is 17.5 Å². The van der Waals surface area contributed by atoms with E-state index in [0.717, 1.165) is 5.52 Å². The van der Waals surface area contributed by atoms with E-state index in [1.807, 2.05) is 6.07 Å². The lowest BCUT2D eigenvalue weighted by Gasteiger charge is -2.23. The van der Waals surface area contributed by atoms with Crippen molar-refractivity contribution in [3.8, 4) is 0 Å². The number of sulfone groups is 1. The number of nitrogens with one attached hydrogen (secondary N) is 1. The van der Waals surface area contributed by atoms with Crippen molar-refractivity contribution in [1.29, 1.82) is 0 Å². The molecule has 106 valence electrons. The normalized spacial score (nSPS) is 21.1. The predicted molar refractivity (Wildman–Crippen MR) is 75.2 cm³/mol. The van der Waals surface area contributed by atoms with Crippen molar-refractivity contribution in [2.45, 2.75) is 12.5 Å². The molecule has 1 unspecified atom stereocenters. The molecule has 1 atom stereocenters. The fourth-order valence-corrected chi connectivity index (χ4v) is 4.35. The van der Waals surface area contributed by atoms with E-state index in [9.17, 15) is 13.2 Å². The highest BCUT2D eigenvalue weighted by Gasteiger charge is 2.33. The van der Waals surface area contributed by atoms with Crippen LogP contribution in [0.3, 0.4) is 0 Å². The molecule has 0 bridgehead atoms. The Balaban J connectivity index is 1.91. The summed E-state index contributed by atoms with van der Waals surface area (Å²) in [6, 6.07) is 5.10. The largest absolute Gasteiger partial charge is 0.345 e. The quantitative estimate of drug-likeness (QED) is 0.888. The van der Waals surface area contributed by atoms with Gasteiger partial charge in [0.1, 0.15) is 5.52 Å². The molecule has 20 heavy (non-hydrogen) atoms. The number of H-pyrrole nitrogens is 1. The molecule has 0 aliphatic carbocycles. The van der Waals surface area contributed by atoms with Crippen molar-refractivity contribution in [3.05, 3.63) is 30.1 Å². The summed E-state index contributed by atoms with van der Waals surface area (Å²) in [4.78, 5) is 21.2. The van der Waals surface area contributed by atoms with Crippen molar-refractivity contribution < 1.29 is 13.2 Å². The molecule has 0 saturated carbocycles. The average molecular weight is 293 g/mol. The molecule has 1 fully saturated rings. The fraction of sp³-hybridized carbons (Fsp3) is 0.385. The first-order chi connectivity index (χ1) is 9.48. The second-order valence-electron chi connectivity index (χ2n) is 5.08. The van der Waals surface area contributed by atoms with Crippen molar-refractivity contribution >= 4 is 26.8 Å². The van der Waals surface area contributed by atoms with Crippen LogP contribution in [0.1, 0.15) is 16.8 Å². The third-order valence-electron chi connectivity index (χ3n) is 3.76.